The Morgan fingerprint density at radius 3 is 2.68 bits per heavy atom. The van der Waals surface area contributed by atoms with E-state index in [1.807, 2.05) is 0 Å². The average molecular weight is 306 g/mol. The van der Waals surface area contributed by atoms with E-state index in [4.69, 9.17) is 4.74 Å². The Labute approximate surface area is 128 Å². The van der Waals surface area contributed by atoms with E-state index < -0.39 is 17.8 Å². The standard InChI is InChI=1S/C16H19FN2O3/c1-9(2)22-15(20)13-10(3)19(4)16(21)18-14(13)11-6-5-7-12(17)8-11/h5-9,14H,1-4H3,(H,18,21)/t14-/m1/s1. The zero-order valence-electron chi connectivity index (χ0n) is 13.0. The summed E-state index contributed by atoms with van der Waals surface area (Å²) >= 11 is 0. The second kappa shape index (κ2) is 6.17. The van der Waals surface area contributed by atoms with Gasteiger partial charge in [0.1, 0.15) is 5.82 Å². The molecule has 1 aliphatic rings. The van der Waals surface area contributed by atoms with Crippen molar-refractivity contribution in [2.24, 2.45) is 0 Å². The van der Waals surface area contributed by atoms with Crippen molar-refractivity contribution in [3.63, 3.8) is 0 Å². The van der Waals surface area contributed by atoms with Gasteiger partial charge in [-0.3, -0.25) is 0 Å². The molecule has 1 N–H and O–H groups in total. The van der Waals surface area contributed by atoms with Crippen LogP contribution in [0.25, 0.3) is 0 Å². The van der Waals surface area contributed by atoms with E-state index in [1.54, 1.807) is 33.9 Å². The van der Waals surface area contributed by atoms with E-state index in [2.05, 4.69) is 5.32 Å². The van der Waals surface area contributed by atoms with E-state index in [0.717, 1.165) is 0 Å². The summed E-state index contributed by atoms with van der Waals surface area (Å²) in [6, 6.07) is 4.72. The number of carbonyl (C=O) groups excluding carboxylic acids is 2. The van der Waals surface area contributed by atoms with Crippen molar-refractivity contribution in [2.45, 2.75) is 32.9 Å². The molecule has 0 fully saturated rings. The number of carbonyl (C=O) groups is 2. The molecule has 0 saturated heterocycles. The third-order valence-electron chi connectivity index (χ3n) is 3.50. The lowest BCUT2D eigenvalue weighted by atomic mass is 9.95. The molecule has 2 amide bonds. The number of nitrogens with one attached hydrogen (secondary N) is 1. The van der Waals surface area contributed by atoms with Gasteiger partial charge in [0.2, 0.25) is 0 Å². The summed E-state index contributed by atoms with van der Waals surface area (Å²) in [5.41, 5.74) is 1.29. The number of halogens is 1. The first kappa shape index (κ1) is 16.0. The van der Waals surface area contributed by atoms with Gasteiger partial charge >= 0.3 is 12.0 Å². The molecule has 2 rings (SSSR count). The summed E-state index contributed by atoms with van der Waals surface area (Å²) < 4.78 is 18.7. The van der Waals surface area contributed by atoms with Crippen LogP contribution in [-0.2, 0) is 9.53 Å². The topological polar surface area (TPSA) is 58.6 Å². The van der Waals surface area contributed by atoms with Crippen LogP contribution in [-0.4, -0.2) is 30.1 Å². The summed E-state index contributed by atoms with van der Waals surface area (Å²) in [6.07, 6.45) is -0.288. The Balaban J connectivity index is 2.50. The molecule has 1 aromatic carbocycles. The van der Waals surface area contributed by atoms with E-state index in [1.165, 1.54) is 23.1 Å². The molecule has 0 saturated carbocycles. The van der Waals surface area contributed by atoms with Crippen molar-refractivity contribution in [2.75, 3.05) is 7.05 Å². The summed E-state index contributed by atoms with van der Waals surface area (Å²) in [4.78, 5) is 25.7. The van der Waals surface area contributed by atoms with Gasteiger partial charge in [-0.15, -0.1) is 0 Å². The first-order chi connectivity index (χ1) is 10.3. The number of hydrogen-bond donors (Lipinski definition) is 1. The predicted octanol–water partition coefficient (Wildman–Crippen LogP) is 2.75. The molecule has 1 aromatic rings. The maximum Gasteiger partial charge on any atom is 0.338 e. The van der Waals surface area contributed by atoms with Crippen molar-refractivity contribution in [3.8, 4) is 0 Å². The largest absolute Gasteiger partial charge is 0.459 e. The Morgan fingerprint density at radius 2 is 2.09 bits per heavy atom. The van der Waals surface area contributed by atoms with Gasteiger partial charge in [-0.2, -0.15) is 0 Å². The fourth-order valence-corrected chi connectivity index (χ4v) is 2.31. The SMILES string of the molecule is CC1=C(C(=O)OC(C)C)[C@@H](c2cccc(F)c2)NC(=O)N1C. The van der Waals surface area contributed by atoms with E-state index >= 15 is 0 Å². The number of ether oxygens (including phenoxy) is 1. The van der Waals surface area contributed by atoms with Crippen molar-refractivity contribution < 1.29 is 18.7 Å². The zero-order valence-corrected chi connectivity index (χ0v) is 13.0. The number of esters is 1. The third-order valence-corrected chi connectivity index (χ3v) is 3.50. The molecule has 0 bridgehead atoms. The molecule has 6 heteroatoms. The van der Waals surface area contributed by atoms with Crippen LogP contribution in [0.15, 0.2) is 35.5 Å². The Hall–Kier alpha value is -2.37. The Kier molecular flexibility index (Phi) is 4.49. The fraction of sp³-hybridized carbons (Fsp3) is 0.375. The minimum atomic E-state index is -0.731. The molecule has 1 heterocycles. The highest BCUT2D eigenvalue weighted by atomic mass is 19.1. The second-order valence-electron chi connectivity index (χ2n) is 5.45. The molecule has 0 aliphatic carbocycles. The van der Waals surface area contributed by atoms with E-state index in [9.17, 15) is 14.0 Å². The van der Waals surface area contributed by atoms with E-state index in [-0.39, 0.29) is 12.1 Å². The smallest absolute Gasteiger partial charge is 0.338 e. The number of hydrogen-bond acceptors (Lipinski definition) is 3. The maximum absolute atomic E-state index is 13.5. The Morgan fingerprint density at radius 1 is 1.41 bits per heavy atom. The minimum absolute atomic E-state index is 0.288. The number of nitrogens with zero attached hydrogens (tertiary/aromatic N) is 1. The lowest BCUT2D eigenvalue weighted by Gasteiger charge is -2.33. The highest BCUT2D eigenvalue weighted by Crippen LogP contribution is 2.31. The molecule has 0 unspecified atom stereocenters. The summed E-state index contributed by atoms with van der Waals surface area (Å²) in [5, 5.41) is 2.71. The van der Waals surface area contributed by atoms with Crippen LogP contribution in [0.4, 0.5) is 9.18 Å². The van der Waals surface area contributed by atoms with Gasteiger partial charge in [0.05, 0.1) is 17.7 Å². The van der Waals surface area contributed by atoms with Crippen molar-refractivity contribution >= 4 is 12.0 Å². The number of benzene rings is 1. The van der Waals surface area contributed by atoms with Crippen molar-refractivity contribution in [3.05, 3.63) is 46.9 Å². The fourth-order valence-electron chi connectivity index (χ4n) is 2.31. The number of rotatable bonds is 3. The van der Waals surface area contributed by atoms with Crippen LogP contribution < -0.4 is 5.32 Å². The number of amides is 2. The van der Waals surface area contributed by atoms with Crippen molar-refractivity contribution in [1.82, 2.24) is 10.2 Å². The van der Waals surface area contributed by atoms with Crippen LogP contribution in [0.2, 0.25) is 0 Å². The first-order valence-corrected chi connectivity index (χ1v) is 7.02. The van der Waals surface area contributed by atoms with Gasteiger partial charge in [-0.25, -0.2) is 14.0 Å². The van der Waals surface area contributed by atoms with Gasteiger partial charge in [0, 0.05) is 12.7 Å². The number of allylic oxidation sites excluding steroid dienone is 1. The lowest BCUT2D eigenvalue weighted by Crippen LogP contribution is -2.46. The Bertz CT molecular complexity index is 640. The zero-order chi connectivity index (χ0) is 16.4. The first-order valence-electron chi connectivity index (χ1n) is 7.02. The van der Waals surface area contributed by atoms with Gasteiger partial charge in [0.15, 0.2) is 0 Å². The maximum atomic E-state index is 13.5. The quantitative estimate of drug-likeness (QED) is 0.874. The summed E-state index contributed by atoms with van der Waals surface area (Å²) in [5.74, 6) is -0.950. The summed E-state index contributed by atoms with van der Waals surface area (Å²) in [6.45, 7) is 5.16. The van der Waals surface area contributed by atoms with Gasteiger partial charge in [-0.05, 0) is 38.5 Å². The molecule has 118 valence electrons. The highest BCUT2D eigenvalue weighted by Gasteiger charge is 2.35. The van der Waals surface area contributed by atoms with Gasteiger partial charge in [-0.1, -0.05) is 12.1 Å². The molecule has 5 nitrogen and oxygen atoms in total. The van der Waals surface area contributed by atoms with Crippen molar-refractivity contribution in [1.29, 1.82) is 0 Å². The van der Waals surface area contributed by atoms with Crippen LogP contribution in [0.1, 0.15) is 32.4 Å². The second-order valence-corrected chi connectivity index (χ2v) is 5.45. The van der Waals surface area contributed by atoms with Crippen LogP contribution in [0.3, 0.4) is 0 Å². The summed E-state index contributed by atoms with van der Waals surface area (Å²) in [7, 11) is 1.56. The molecule has 22 heavy (non-hydrogen) atoms. The molecule has 1 atom stereocenters. The molecular formula is C16H19FN2O3. The van der Waals surface area contributed by atoms with Crippen LogP contribution in [0.5, 0.6) is 0 Å². The number of urea groups is 1. The highest BCUT2D eigenvalue weighted by molar-refractivity contribution is 5.95. The molecule has 1 aliphatic heterocycles. The molecular weight excluding hydrogens is 287 g/mol. The normalized spacial score (nSPS) is 18.5. The molecule has 0 radical (unpaired) electrons. The average Bonchev–Trinajstić information content (AvgIpc) is 2.43. The lowest BCUT2D eigenvalue weighted by molar-refractivity contribution is -0.143. The van der Waals surface area contributed by atoms with Gasteiger partial charge in [0.25, 0.3) is 0 Å². The monoisotopic (exact) mass is 306 g/mol. The third kappa shape index (κ3) is 3.10. The molecule has 0 aromatic heterocycles. The molecule has 0 spiro atoms. The van der Waals surface area contributed by atoms with Gasteiger partial charge < -0.3 is 15.0 Å². The predicted molar refractivity (Wildman–Crippen MR) is 79.4 cm³/mol. The van der Waals surface area contributed by atoms with Crippen LogP contribution in [0, 0.1) is 5.82 Å². The van der Waals surface area contributed by atoms with E-state index in [0.29, 0.717) is 16.8 Å². The minimum Gasteiger partial charge on any atom is -0.459 e. The van der Waals surface area contributed by atoms with Crippen LogP contribution >= 0.6 is 0 Å².